The lowest BCUT2D eigenvalue weighted by molar-refractivity contribution is -0.113. The zero-order chi connectivity index (χ0) is 19.2. The van der Waals surface area contributed by atoms with Gasteiger partial charge in [0.1, 0.15) is 5.82 Å². The highest BCUT2D eigenvalue weighted by molar-refractivity contribution is 7.99. The third-order valence-corrected chi connectivity index (χ3v) is 4.99. The van der Waals surface area contributed by atoms with Crippen molar-refractivity contribution in [3.63, 3.8) is 0 Å². The van der Waals surface area contributed by atoms with E-state index >= 15 is 0 Å². The number of aromatic nitrogens is 4. The van der Waals surface area contributed by atoms with Gasteiger partial charge in [0.25, 0.3) is 0 Å². The second-order valence-corrected chi connectivity index (χ2v) is 6.73. The van der Waals surface area contributed by atoms with E-state index in [1.807, 2.05) is 30.5 Å². The first kappa shape index (κ1) is 19.0. The molecule has 0 aliphatic rings. The molecule has 8 heteroatoms. The van der Waals surface area contributed by atoms with Crippen LogP contribution in [0.5, 0.6) is 0 Å². The van der Waals surface area contributed by atoms with Gasteiger partial charge >= 0.3 is 0 Å². The van der Waals surface area contributed by atoms with Gasteiger partial charge in [0.05, 0.1) is 11.4 Å². The number of hydrogen-bond acceptors (Lipinski definition) is 5. The van der Waals surface area contributed by atoms with Crippen LogP contribution in [-0.2, 0) is 17.8 Å². The Morgan fingerprint density at radius 3 is 2.63 bits per heavy atom. The number of aryl methyl sites for hydroxylation is 1. The zero-order valence-electron chi connectivity index (χ0n) is 15.1. The van der Waals surface area contributed by atoms with Gasteiger partial charge in [-0.15, -0.1) is 10.2 Å². The molecule has 0 bridgehead atoms. The van der Waals surface area contributed by atoms with Crippen molar-refractivity contribution in [2.24, 2.45) is 0 Å². The van der Waals surface area contributed by atoms with Crippen molar-refractivity contribution in [2.45, 2.75) is 32.0 Å². The predicted octanol–water partition coefficient (Wildman–Crippen LogP) is 3.79. The van der Waals surface area contributed by atoms with Gasteiger partial charge in [-0.05, 0) is 43.2 Å². The van der Waals surface area contributed by atoms with Gasteiger partial charge < -0.3 is 9.88 Å². The monoisotopic (exact) mass is 385 g/mol. The maximum Gasteiger partial charge on any atom is 0.234 e. The van der Waals surface area contributed by atoms with E-state index in [0.717, 1.165) is 23.4 Å². The molecule has 1 N–H and O–H groups in total. The molecule has 0 radical (unpaired) electrons. The summed E-state index contributed by atoms with van der Waals surface area (Å²) < 4.78 is 16.0. The van der Waals surface area contributed by atoms with Crippen LogP contribution >= 0.6 is 11.8 Å². The number of carbonyl (C=O) groups is 1. The molecule has 2 aromatic heterocycles. The number of anilines is 1. The molecule has 1 amide bonds. The maximum absolute atomic E-state index is 14.0. The Bertz CT molecular complexity index is 929. The fourth-order valence-corrected chi connectivity index (χ4v) is 3.39. The van der Waals surface area contributed by atoms with Crippen molar-refractivity contribution < 1.29 is 9.18 Å². The van der Waals surface area contributed by atoms with Crippen molar-refractivity contribution in [3.05, 3.63) is 54.1 Å². The number of hydrogen-bond donors (Lipinski definition) is 1. The standard InChI is InChI=1S/C19H20FN5OS/c1-3-13-5-6-16(15(20)11-13)22-17(26)12-27-19-24-23-18(25(19)4-2)14-7-9-21-10-8-14/h5-11H,3-4,12H2,1-2H3,(H,22,26). The van der Waals surface area contributed by atoms with Crippen LogP contribution in [0.2, 0.25) is 0 Å². The van der Waals surface area contributed by atoms with Gasteiger partial charge in [-0.25, -0.2) is 4.39 Å². The minimum atomic E-state index is -0.426. The summed E-state index contributed by atoms with van der Waals surface area (Å²) in [6, 6.07) is 8.56. The molecule has 140 valence electrons. The molecule has 1 aromatic carbocycles. The highest BCUT2D eigenvalue weighted by atomic mass is 32.2. The lowest BCUT2D eigenvalue weighted by atomic mass is 10.1. The van der Waals surface area contributed by atoms with Crippen molar-refractivity contribution in [3.8, 4) is 11.4 Å². The second-order valence-electron chi connectivity index (χ2n) is 5.79. The molecule has 6 nitrogen and oxygen atoms in total. The third-order valence-electron chi connectivity index (χ3n) is 4.02. The second kappa shape index (κ2) is 8.77. The summed E-state index contributed by atoms with van der Waals surface area (Å²) in [5.41, 5.74) is 1.99. The smallest absolute Gasteiger partial charge is 0.234 e. The van der Waals surface area contributed by atoms with E-state index in [1.165, 1.54) is 17.8 Å². The lowest BCUT2D eigenvalue weighted by Gasteiger charge is -2.09. The van der Waals surface area contributed by atoms with Crippen LogP contribution in [0.1, 0.15) is 19.4 Å². The predicted molar refractivity (Wildman–Crippen MR) is 104 cm³/mol. The summed E-state index contributed by atoms with van der Waals surface area (Å²) in [7, 11) is 0. The van der Waals surface area contributed by atoms with Crippen LogP contribution in [0.15, 0.2) is 47.9 Å². The quantitative estimate of drug-likeness (QED) is 0.627. The van der Waals surface area contributed by atoms with Gasteiger partial charge in [0, 0.05) is 24.5 Å². The first-order valence-corrected chi connectivity index (χ1v) is 9.65. The van der Waals surface area contributed by atoms with Gasteiger partial charge in [-0.1, -0.05) is 24.8 Å². The lowest BCUT2D eigenvalue weighted by Crippen LogP contribution is -2.15. The summed E-state index contributed by atoms with van der Waals surface area (Å²) in [6.07, 6.45) is 4.14. The molecule has 27 heavy (non-hydrogen) atoms. The number of halogens is 1. The summed E-state index contributed by atoms with van der Waals surface area (Å²) in [6.45, 7) is 4.61. The summed E-state index contributed by atoms with van der Waals surface area (Å²) in [4.78, 5) is 16.2. The zero-order valence-corrected chi connectivity index (χ0v) is 16.0. The fraction of sp³-hybridized carbons (Fsp3) is 0.263. The molecule has 0 atom stereocenters. The molecule has 0 spiro atoms. The molecule has 0 fully saturated rings. The molecule has 3 rings (SSSR count). The number of amides is 1. The van der Waals surface area contributed by atoms with Crippen molar-refractivity contribution >= 4 is 23.4 Å². The molecule has 2 heterocycles. The number of benzene rings is 1. The largest absolute Gasteiger partial charge is 0.323 e. The van der Waals surface area contributed by atoms with Crippen LogP contribution in [0.3, 0.4) is 0 Å². The Morgan fingerprint density at radius 1 is 1.19 bits per heavy atom. The van der Waals surface area contributed by atoms with Crippen molar-refractivity contribution in [1.82, 2.24) is 19.7 Å². The molecule has 0 aliphatic heterocycles. The first-order chi connectivity index (χ1) is 13.1. The van der Waals surface area contributed by atoms with Gasteiger partial charge in [0.2, 0.25) is 5.91 Å². The average Bonchev–Trinajstić information content (AvgIpc) is 3.11. The molecule has 0 saturated carbocycles. The Hall–Kier alpha value is -2.74. The fourth-order valence-electron chi connectivity index (χ4n) is 2.59. The Kier molecular flexibility index (Phi) is 6.18. The van der Waals surface area contributed by atoms with E-state index in [0.29, 0.717) is 11.7 Å². The molecule has 0 aliphatic carbocycles. The minimum absolute atomic E-state index is 0.115. The minimum Gasteiger partial charge on any atom is -0.323 e. The number of pyridine rings is 1. The normalized spacial score (nSPS) is 10.8. The Labute approximate surface area is 161 Å². The van der Waals surface area contributed by atoms with Gasteiger partial charge in [0.15, 0.2) is 11.0 Å². The topological polar surface area (TPSA) is 72.7 Å². The number of nitrogens with one attached hydrogen (secondary N) is 1. The number of thioether (sulfide) groups is 1. The van der Waals surface area contributed by atoms with Gasteiger partial charge in [-0.2, -0.15) is 0 Å². The van der Waals surface area contributed by atoms with E-state index in [1.54, 1.807) is 24.5 Å². The number of nitrogens with zero attached hydrogens (tertiary/aromatic N) is 4. The van der Waals surface area contributed by atoms with Crippen LogP contribution in [0, 0.1) is 5.82 Å². The molecular formula is C19H20FN5OS. The van der Waals surface area contributed by atoms with Gasteiger partial charge in [-0.3, -0.25) is 9.78 Å². The highest BCUT2D eigenvalue weighted by Crippen LogP contribution is 2.24. The summed E-state index contributed by atoms with van der Waals surface area (Å²) >= 11 is 1.27. The number of rotatable bonds is 7. The van der Waals surface area contributed by atoms with Crippen molar-refractivity contribution in [1.29, 1.82) is 0 Å². The van der Waals surface area contributed by atoms with E-state index in [9.17, 15) is 9.18 Å². The van der Waals surface area contributed by atoms with E-state index in [2.05, 4.69) is 20.5 Å². The molecule has 3 aromatic rings. The van der Waals surface area contributed by atoms with Crippen LogP contribution in [0.4, 0.5) is 10.1 Å². The first-order valence-electron chi connectivity index (χ1n) is 8.67. The maximum atomic E-state index is 14.0. The van der Waals surface area contributed by atoms with Crippen LogP contribution < -0.4 is 5.32 Å². The number of carbonyl (C=O) groups excluding carboxylic acids is 1. The van der Waals surface area contributed by atoms with E-state index in [-0.39, 0.29) is 17.3 Å². The van der Waals surface area contributed by atoms with Crippen LogP contribution in [-0.4, -0.2) is 31.4 Å². The molecular weight excluding hydrogens is 365 g/mol. The van der Waals surface area contributed by atoms with Crippen molar-refractivity contribution in [2.75, 3.05) is 11.1 Å². The van der Waals surface area contributed by atoms with E-state index < -0.39 is 5.82 Å². The Morgan fingerprint density at radius 2 is 1.96 bits per heavy atom. The highest BCUT2D eigenvalue weighted by Gasteiger charge is 2.15. The average molecular weight is 385 g/mol. The van der Waals surface area contributed by atoms with Crippen LogP contribution in [0.25, 0.3) is 11.4 Å². The summed E-state index contributed by atoms with van der Waals surface area (Å²) in [5, 5.41) is 11.7. The van der Waals surface area contributed by atoms with E-state index in [4.69, 9.17) is 0 Å². The summed E-state index contributed by atoms with van der Waals surface area (Å²) in [5.74, 6) is 0.122. The molecule has 0 saturated heterocycles. The Balaban J connectivity index is 1.66. The third kappa shape index (κ3) is 4.51. The SMILES string of the molecule is CCc1ccc(NC(=O)CSc2nnc(-c3ccncc3)n2CC)c(F)c1. The molecule has 0 unspecified atom stereocenters.